The third kappa shape index (κ3) is 4.71. The number of benzene rings is 1. The second kappa shape index (κ2) is 10.3. The van der Waals surface area contributed by atoms with Crippen LogP contribution in [0.25, 0.3) is 0 Å². The van der Waals surface area contributed by atoms with Crippen LogP contribution in [0, 0.1) is 46.3 Å². The number of hydrogen-bond donors (Lipinski definition) is 0. The SMILES string of the molecule is CC(C)CCC[C@H](C)[C@@H]1CC[C@@H]2[C@@H]3CC=C4C[C@@H](OC(=O)c5ccccc5)CC[C@]4(C)[C@H]3CC[C@@]21C. The minimum absolute atomic E-state index is 0.0324. The normalized spacial score (nSPS) is 38.5. The predicted octanol–water partition coefficient (Wildman–Crippen LogP) is 9.25. The van der Waals surface area contributed by atoms with Crippen molar-refractivity contribution >= 4 is 5.97 Å². The molecule has 0 spiro atoms. The van der Waals surface area contributed by atoms with Gasteiger partial charge in [-0.15, -0.1) is 0 Å². The van der Waals surface area contributed by atoms with Crippen molar-refractivity contribution in [3.05, 3.63) is 47.5 Å². The number of carbonyl (C=O) groups is 1. The van der Waals surface area contributed by atoms with Crippen LogP contribution in [0.1, 0.15) is 116 Å². The number of fused-ring (bicyclic) bond motifs is 5. The maximum Gasteiger partial charge on any atom is 0.338 e. The van der Waals surface area contributed by atoms with E-state index in [1.165, 1.54) is 57.8 Å². The molecule has 3 saturated carbocycles. The Hall–Kier alpha value is -1.57. The highest BCUT2D eigenvalue weighted by Crippen LogP contribution is 2.67. The molecule has 0 radical (unpaired) electrons. The van der Waals surface area contributed by atoms with Gasteiger partial charge >= 0.3 is 5.97 Å². The summed E-state index contributed by atoms with van der Waals surface area (Å²) in [7, 11) is 0. The second-order valence-electron chi connectivity index (χ2n) is 13.9. The first kappa shape index (κ1) is 26.1. The number of ether oxygens (including phenoxy) is 1. The molecule has 1 aromatic rings. The zero-order chi connectivity index (χ0) is 25.5. The fraction of sp³-hybridized carbons (Fsp3) is 0.735. The molecule has 0 aliphatic heterocycles. The van der Waals surface area contributed by atoms with Gasteiger partial charge in [0.2, 0.25) is 0 Å². The Kier molecular flexibility index (Phi) is 7.45. The van der Waals surface area contributed by atoms with Crippen molar-refractivity contribution in [3.63, 3.8) is 0 Å². The molecule has 36 heavy (non-hydrogen) atoms. The Balaban J connectivity index is 1.25. The zero-order valence-electron chi connectivity index (χ0n) is 23.6. The van der Waals surface area contributed by atoms with Crippen molar-refractivity contribution in [1.29, 1.82) is 0 Å². The molecule has 4 aliphatic rings. The van der Waals surface area contributed by atoms with Gasteiger partial charge in [-0.1, -0.05) is 83.7 Å². The fourth-order valence-electron chi connectivity index (χ4n) is 9.55. The molecular formula is C34H50O2. The summed E-state index contributed by atoms with van der Waals surface area (Å²) in [5.41, 5.74) is 3.12. The molecule has 3 fully saturated rings. The summed E-state index contributed by atoms with van der Waals surface area (Å²) >= 11 is 0. The Morgan fingerprint density at radius 3 is 2.50 bits per heavy atom. The van der Waals surface area contributed by atoms with E-state index in [9.17, 15) is 4.79 Å². The quantitative estimate of drug-likeness (QED) is 0.281. The lowest BCUT2D eigenvalue weighted by molar-refractivity contribution is -0.0594. The maximum absolute atomic E-state index is 12.7. The van der Waals surface area contributed by atoms with Gasteiger partial charge in [0.15, 0.2) is 0 Å². The second-order valence-corrected chi connectivity index (χ2v) is 13.9. The van der Waals surface area contributed by atoms with E-state index in [4.69, 9.17) is 4.74 Å². The largest absolute Gasteiger partial charge is 0.458 e. The molecule has 0 heterocycles. The molecular weight excluding hydrogens is 440 g/mol. The molecule has 0 saturated heterocycles. The van der Waals surface area contributed by atoms with Crippen LogP contribution in [0.3, 0.4) is 0 Å². The van der Waals surface area contributed by atoms with Gasteiger partial charge < -0.3 is 4.74 Å². The predicted molar refractivity (Wildman–Crippen MR) is 149 cm³/mol. The maximum atomic E-state index is 12.7. The molecule has 4 aliphatic carbocycles. The third-order valence-electron chi connectivity index (χ3n) is 11.5. The summed E-state index contributed by atoms with van der Waals surface area (Å²) in [6.45, 7) is 12.6. The van der Waals surface area contributed by atoms with Crippen LogP contribution < -0.4 is 0 Å². The van der Waals surface area contributed by atoms with E-state index in [-0.39, 0.29) is 12.1 Å². The smallest absolute Gasteiger partial charge is 0.338 e. The molecule has 0 N–H and O–H groups in total. The van der Waals surface area contributed by atoms with Gasteiger partial charge in [-0.25, -0.2) is 4.79 Å². The van der Waals surface area contributed by atoms with Crippen molar-refractivity contribution < 1.29 is 9.53 Å². The van der Waals surface area contributed by atoms with Gasteiger partial charge in [-0.05, 0) is 103 Å². The molecule has 2 nitrogen and oxygen atoms in total. The van der Waals surface area contributed by atoms with Crippen LogP contribution in [0.5, 0.6) is 0 Å². The number of esters is 1. The van der Waals surface area contributed by atoms with Crippen LogP contribution in [-0.4, -0.2) is 12.1 Å². The zero-order valence-corrected chi connectivity index (χ0v) is 23.6. The summed E-state index contributed by atoms with van der Waals surface area (Å²) in [5, 5.41) is 0. The highest BCUT2D eigenvalue weighted by molar-refractivity contribution is 5.89. The molecule has 8 atom stereocenters. The average molecular weight is 491 g/mol. The first-order chi connectivity index (χ1) is 17.2. The molecule has 2 heteroatoms. The summed E-state index contributed by atoms with van der Waals surface area (Å²) < 4.78 is 6.00. The van der Waals surface area contributed by atoms with E-state index >= 15 is 0 Å². The highest BCUT2D eigenvalue weighted by atomic mass is 16.5. The monoisotopic (exact) mass is 490 g/mol. The lowest BCUT2D eigenvalue weighted by Crippen LogP contribution is -2.51. The van der Waals surface area contributed by atoms with Crippen molar-refractivity contribution in [2.45, 2.75) is 111 Å². The van der Waals surface area contributed by atoms with Gasteiger partial charge in [-0.3, -0.25) is 0 Å². The van der Waals surface area contributed by atoms with E-state index in [0.717, 1.165) is 48.3 Å². The van der Waals surface area contributed by atoms with E-state index in [2.05, 4.69) is 40.7 Å². The van der Waals surface area contributed by atoms with Crippen LogP contribution >= 0.6 is 0 Å². The average Bonchev–Trinajstić information content (AvgIpc) is 3.22. The van der Waals surface area contributed by atoms with E-state index in [0.29, 0.717) is 16.4 Å². The Morgan fingerprint density at radius 1 is 0.972 bits per heavy atom. The molecule has 198 valence electrons. The van der Waals surface area contributed by atoms with Crippen molar-refractivity contribution in [3.8, 4) is 0 Å². The topological polar surface area (TPSA) is 26.3 Å². The summed E-state index contributed by atoms with van der Waals surface area (Å²) in [6.07, 6.45) is 17.0. The molecule has 1 aromatic carbocycles. The number of hydrogen-bond acceptors (Lipinski definition) is 2. The molecule has 0 bridgehead atoms. The first-order valence-corrected chi connectivity index (χ1v) is 15.2. The summed E-state index contributed by atoms with van der Waals surface area (Å²) in [6, 6.07) is 9.49. The number of rotatable bonds is 7. The van der Waals surface area contributed by atoms with Crippen LogP contribution in [-0.2, 0) is 4.74 Å². The highest BCUT2D eigenvalue weighted by Gasteiger charge is 2.59. The van der Waals surface area contributed by atoms with E-state index in [1.807, 2.05) is 30.3 Å². The molecule has 0 aromatic heterocycles. The van der Waals surface area contributed by atoms with E-state index < -0.39 is 0 Å². The lowest BCUT2D eigenvalue weighted by atomic mass is 9.47. The Morgan fingerprint density at radius 2 is 1.75 bits per heavy atom. The van der Waals surface area contributed by atoms with Crippen LogP contribution in [0.15, 0.2) is 42.0 Å². The van der Waals surface area contributed by atoms with E-state index in [1.54, 1.807) is 5.57 Å². The third-order valence-corrected chi connectivity index (χ3v) is 11.5. The van der Waals surface area contributed by atoms with Gasteiger partial charge in [0, 0.05) is 6.42 Å². The van der Waals surface area contributed by atoms with Crippen LogP contribution in [0.4, 0.5) is 0 Å². The molecule has 0 unspecified atom stereocenters. The summed E-state index contributed by atoms with van der Waals surface area (Å²) in [4.78, 5) is 12.7. The Labute approximate surface area is 220 Å². The van der Waals surface area contributed by atoms with Gasteiger partial charge in [-0.2, -0.15) is 0 Å². The molecule has 5 rings (SSSR count). The standard InChI is InChI=1S/C34H50O2/c1-23(2)10-9-11-24(3)29-16-17-30-28-15-14-26-22-27(36-32(35)25-12-7-6-8-13-25)18-20-33(26,4)31(28)19-21-34(29,30)5/h6-8,12-14,23-24,27-31H,9-11,15-22H2,1-5H3/t24-,27-,28-,29-,30+,31-,33-,34+/m0/s1. The van der Waals surface area contributed by atoms with Gasteiger partial charge in [0.05, 0.1) is 5.56 Å². The van der Waals surface area contributed by atoms with Crippen molar-refractivity contribution in [2.24, 2.45) is 46.3 Å². The lowest BCUT2D eigenvalue weighted by Gasteiger charge is -2.58. The van der Waals surface area contributed by atoms with Crippen molar-refractivity contribution in [1.82, 2.24) is 0 Å². The molecule has 0 amide bonds. The van der Waals surface area contributed by atoms with Gasteiger partial charge in [0.1, 0.15) is 6.10 Å². The first-order valence-electron chi connectivity index (χ1n) is 15.2. The van der Waals surface area contributed by atoms with Crippen LogP contribution in [0.2, 0.25) is 0 Å². The Bertz CT molecular complexity index is 947. The number of allylic oxidation sites excluding steroid dienone is 1. The van der Waals surface area contributed by atoms with Gasteiger partial charge in [0.25, 0.3) is 0 Å². The fourth-order valence-corrected chi connectivity index (χ4v) is 9.55. The summed E-state index contributed by atoms with van der Waals surface area (Å²) in [5.74, 6) is 5.03. The number of carbonyl (C=O) groups excluding carboxylic acids is 1. The van der Waals surface area contributed by atoms with Crippen molar-refractivity contribution in [2.75, 3.05) is 0 Å². The minimum atomic E-state index is -0.161. The minimum Gasteiger partial charge on any atom is -0.458 e.